The number of halogens is 2. The van der Waals surface area contributed by atoms with Crippen molar-refractivity contribution >= 4 is 41.7 Å². The molecule has 0 atom stereocenters. The molecule has 0 bridgehead atoms. The second kappa shape index (κ2) is 14.9. The number of hydrogen-bond acceptors (Lipinski definition) is 6. The molecule has 0 spiro atoms. The van der Waals surface area contributed by atoms with Gasteiger partial charge in [-0.3, -0.25) is 9.79 Å². The molecular weight excluding hydrogens is 482 g/mol. The summed E-state index contributed by atoms with van der Waals surface area (Å²) in [6.07, 6.45) is 13.2. The van der Waals surface area contributed by atoms with Crippen LogP contribution in [-0.4, -0.2) is 42.6 Å². The van der Waals surface area contributed by atoms with Gasteiger partial charge in [-0.05, 0) is 56.1 Å². The fraction of sp³-hybridized carbons (Fsp3) is 0.259. The molecule has 0 amide bonds. The third-order valence-corrected chi connectivity index (χ3v) is 5.02. The van der Waals surface area contributed by atoms with Gasteiger partial charge in [0.25, 0.3) is 5.97 Å². The molecule has 10 heteroatoms. The highest BCUT2D eigenvalue weighted by Crippen LogP contribution is 2.35. The molecule has 3 rings (SSSR count). The van der Waals surface area contributed by atoms with Crippen molar-refractivity contribution in [1.82, 2.24) is 0 Å². The molecule has 37 heavy (non-hydrogen) atoms. The lowest BCUT2D eigenvalue weighted by molar-refractivity contribution is -0.134. The molecule has 196 valence electrons. The maximum absolute atomic E-state index is 13.8. The van der Waals surface area contributed by atoms with Crippen LogP contribution >= 0.6 is 0 Å². The molecule has 1 aliphatic carbocycles. The number of aliphatic imine (C=N–C) groups is 2. The van der Waals surface area contributed by atoms with Gasteiger partial charge in [-0.2, -0.15) is 0 Å². The highest BCUT2D eigenvalue weighted by Gasteiger charge is 2.19. The molecule has 8 nitrogen and oxygen atoms in total. The number of carboxylic acids is 1. The van der Waals surface area contributed by atoms with E-state index in [-0.39, 0.29) is 23.3 Å². The zero-order valence-electron chi connectivity index (χ0n) is 20.7. The molecule has 0 heterocycles. The molecule has 0 aliphatic heterocycles. The van der Waals surface area contributed by atoms with Crippen LogP contribution in [0.2, 0.25) is 0 Å². The van der Waals surface area contributed by atoms with Crippen LogP contribution in [0.4, 0.5) is 20.2 Å². The van der Waals surface area contributed by atoms with Crippen LogP contribution in [0.5, 0.6) is 11.5 Å². The van der Waals surface area contributed by atoms with Crippen LogP contribution in [0.15, 0.2) is 58.5 Å². The van der Waals surface area contributed by atoms with Gasteiger partial charge in [-0.1, -0.05) is 12.1 Å². The number of rotatable bonds is 9. The summed E-state index contributed by atoms with van der Waals surface area (Å²) in [6.45, 7) is 1.08. The van der Waals surface area contributed by atoms with E-state index in [1.54, 1.807) is 19.3 Å². The number of carboxylic acid groups (broad SMARTS) is 1. The number of nitrogens with zero attached hydrogens (tertiary/aromatic N) is 2. The third-order valence-electron chi connectivity index (χ3n) is 5.02. The summed E-state index contributed by atoms with van der Waals surface area (Å²) in [7, 11) is 1.60. The maximum atomic E-state index is 13.8. The molecular formula is C27H30F2N4O4. The number of amidine groups is 1. The smallest absolute Gasteiger partial charge is 0.300 e. The minimum Gasteiger partial charge on any atom is -0.493 e. The second-order valence-corrected chi connectivity index (χ2v) is 7.88. The Bertz CT molecular complexity index is 1200. The first kappa shape index (κ1) is 28.9. The Kier molecular flexibility index (Phi) is 11.7. The van der Waals surface area contributed by atoms with Crippen LogP contribution in [-0.2, 0) is 4.79 Å². The Balaban J connectivity index is 0.00000112. The van der Waals surface area contributed by atoms with Gasteiger partial charge in [0, 0.05) is 37.0 Å². The van der Waals surface area contributed by atoms with Crippen LogP contribution in [0.1, 0.15) is 38.2 Å². The van der Waals surface area contributed by atoms with E-state index in [2.05, 4.69) is 9.98 Å². The monoisotopic (exact) mass is 512 g/mol. The molecule has 0 saturated heterocycles. The molecule has 4 N–H and O–H groups in total. The number of aliphatic carboxylic acids is 1. The summed E-state index contributed by atoms with van der Waals surface area (Å²) in [4.78, 5) is 17.3. The summed E-state index contributed by atoms with van der Waals surface area (Å²) >= 11 is 0. The first-order valence-corrected chi connectivity index (χ1v) is 11.5. The number of para-hydroxylation sites is 1. The van der Waals surface area contributed by atoms with E-state index in [9.17, 15) is 8.78 Å². The lowest BCUT2D eigenvalue weighted by Gasteiger charge is -2.17. The lowest BCUT2D eigenvalue weighted by atomic mass is 10.1. The van der Waals surface area contributed by atoms with E-state index in [4.69, 9.17) is 30.5 Å². The van der Waals surface area contributed by atoms with E-state index >= 15 is 0 Å². The SMILES string of the molecule is CC(=O)O.COc1cccc(/C=C/C=Nc2cc(F)c(F)cc2N=C(N)/C=C\C=N)c1OC1CCCC1. The first-order chi connectivity index (χ1) is 17.7. The Morgan fingerprint density at radius 1 is 1.16 bits per heavy atom. The molecule has 2 aromatic carbocycles. The predicted molar refractivity (Wildman–Crippen MR) is 142 cm³/mol. The van der Waals surface area contributed by atoms with Crippen molar-refractivity contribution < 1.29 is 28.2 Å². The molecule has 2 aromatic rings. The Morgan fingerprint density at radius 3 is 2.43 bits per heavy atom. The van der Waals surface area contributed by atoms with Gasteiger partial charge in [0.1, 0.15) is 5.84 Å². The maximum Gasteiger partial charge on any atom is 0.300 e. The highest BCUT2D eigenvalue weighted by atomic mass is 19.2. The van der Waals surface area contributed by atoms with E-state index in [0.29, 0.717) is 11.5 Å². The number of nitrogens with two attached hydrogens (primary N) is 1. The normalized spacial score (nSPS) is 14.2. The highest BCUT2D eigenvalue weighted by molar-refractivity contribution is 5.97. The number of carbonyl (C=O) groups is 1. The van der Waals surface area contributed by atoms with Gasteiger partial charge in [0.15, 0.2) is 23.1 Å². The van der Waals surface area contributed by atoms with Crippen molar-refractivity contribution in [1.29, 1.82) is 5.41 Å². The quantitative estimate of drug-likeness (QED) is 0.280. The van der Waals surface area contributed by atoms with Crippen molar-refractivity contribution in [3.8, 4) is 11.5 Å². The molecule has 0 aromatic heterocycles. The Morgan fingerprint density at radius 2 is 1.81 bits per heavy atom. The Hall–Kier alpha value is -4.34. The number of ether oxygens (including phenoxy) is 2. The largest absolute Gasteiger partial charge is 0.493 e. The minimum absolute atomic E-state index is 0.0292. The van der Waals surface area contributed by atoms with Gasteiger partial charge in [-0.15, -0.1) is 0 Å². The van der Waals surface area contributed by atoms with Gasteiger partial charge < -0.3 is 25.7 Å². The molecule has 1 aliphatic rings. The standard InChI is InChI=1S/C25H26F2N4O2.C2H4O2/c1-32-23-11-4-7-17(25(23)33-18-9-2-3-10-18)8-6-14-30-21-15-19(26)20(27)16-22(21)31-24(29)12-5-13-28;1-2(3)4/h4-8,11-16,18,28H,2-3,9-10H2,1H3,(H2,29,31);1H3,(H,3,4)/b8-6+,12-5-,28-13?,30-14?;. The molecule has 0 radical (unpaired) electrons. The lowest BCUT2D eigenvalue weighted by Crippen LogP contribution is -2.12. The number of nitrogens with one attached hydrogen (secondary N) is 1. The average molecular weight is 513 g/mol. The van der Waals surface area contributed by atoms with Crippen LogP contribution in [0.3, 0.4) is 0 Å². The van der Waals surface area contributed by atoms with Crippen LogP contribution < -0.4 is 15.2 Å². The average Bonchev–Trinajstić information content (AvgIpc) is 3.37. The fourth-order valence-electron chi connectivity index (χ4n) is 3.44. The van der Waals surface area contributed by atoms with Crippen molar-refractivity contribution in [2.75, 3.05) is 7.11 Å². The van der Waals surface area contributed by atoms with Gasteiger partial charge in [-0.25, -0.2) is 13.8 Å². The van der Waals surface area contributed by atoms with Crippen LogP contribution in [0, 0.1) is 17.0 Å². The molecule has 0 unspecified atom stereocenters. The van der Waals surface area contributed by atoms with Gasteiger partial charge in [0.2, 0.25) is 0 Å². The van der Waals surface area contributed by atoms with Crippen LogP contribution in [0.25, 0.3) is 6.08 Å². The third kappa shape index (κ3) is 9.67. The number of hydrogen-bond donors (Lipinski definition) is 3. The second-order valence-electron chi connectivity index (χ2n) is 7.88. The zero-order valence-corrected chi connectivity index (χ0v) is 20.7. The molecule has 1 fully saturated rings. The molecule has 1 saturated carbocycles. The van der Waals surface area contributed by atoms with E-state index in [0.717, 1.165) is 56.5 Å². The summed E-state index contributed by atoms with van der Waals surface area (Å²) in [5, 5.41) is 14.4. The summed E-state index contributed by atoms with van der Waals surface area (Å²) < 4.78 is 39.2. The number of benzene rings is 2. The van der Waals surface area contributed by atoms with Crippen molar-refractivity contribution in [2.24, 2.45) is 15.7 Å². The van der Waals surface area contributed by atoms with E-state index < -0.39 is 17.6 Å². The van der Waals surface area contributed by atoms with Gasteiger partial charge in [0.05, 0.1) is 24.6 Å². The van der Waals surface area contributed by atoms with E-state index in [1.807, 2.05) is 18.2 Å². The summed E-state index contributed by atoms with van der Waals surface area (Å²) in [6, 6.07) is 7.49. The van der Waals surface area contributed by atoms with E-state index in [1.165, 1.54) is 18.4 Å². The first-order valence-electron chi connectivity index (χ1n) is 11.5. The zero-order chi connectivity index (χ0) is 27.2. The minimum atomic E-state index is -1.06. The predicted octanol–water partition coefficient (Wildman–Crippen LogP) is 6.00. The number of methoxy groups -OCH3 is 1. The van der Waals surface area contributed by atoms with Crippen molar-refractivity contribution in [2.45, 2.75) is 38.7 Å². The van der Waals surface area contributed by atoms with Gasteiger partial charge >= 0.3 is 0 Å². The summed E-state index contributed by atoms with van der Waals surface area (Å²) in [5.41, 5.74) is 6.74. The number of allylic oxidation sites excluding steroid dienone is 2. The van der Waals surface area contributed by atoms with Crippen molar-refractivity contribution in [3.05, 3.63) is 65.8 Å². The fourth-order valence-corrected chi connectivity index (χ4v) is 3.44. The topological polar surface area (TPSA) is 130 Å². The van der Waals surface area contributed by atoms with Crippen molar-refractivity contribution in [3.63, 3.8) is 0 Å². The Labute approximate surface area is 214 Å². The summed E-state index contributed by atoms with van der Waals surface area (Å²) in [5.74, 6) is -1.59.